The summed E-state index contributed by atoms with van der Waals surface area (Å²) < 4.78 is 56.0. The molecule has 1 aliphatic rings. The fourth-order valence-corrected chi connectivity index (χ4v) is 2.19. The van der Waals surface area contributed by atoms with Gasteiger partial charge < -0.3 is 9.84 Å². The lowest BCUT2D eigenvalue weighted by atomic mass is 10.0. The number of aliphatic carboxylic acids is 1. The van der Waals surface area contributed by atoms with Crippen molar-refractivity contribution < 1.29 is 32.2 Å². The van der Waals surface area contributed by atoms with Crippen molar-refractivity contribution in [3.63, 3.8) is 0 Å². The van der Waals surface area contributed by atoms with Crippen molar-refractivity contribution in [2.45, 2.75) is 12.3 Å². The zero-order valence-corrected chi connectivity index (χ0v) is 10.5. The van der Waals surface area contributed by atoms with E-state index in [1.165, 1.54) is 0 Å². The molecule has 0 aliphatic carbocycles. The van der Waals surface area contributed by atoms with Gasteiger partial charge in [0, 0.05) is 5.56 Å². The first-order valence-electron chi connectivity index (χ1n) is 4.87. The van der Waals surface area contributed by atoms with Gasteiger partial charge in [-0.1, -0.05) is 0 Å². The summed E-state index contributed by atoms with van der Waals surface area (Å²) >= 11 is 2.87. The zero-order chi connectivity index (χ0) is 14.4. The molecule has 102 valence electrons. The van der Waals surface area contributed by atoms with Gasteiger partial charge in [-0.3, -0.25) is 0 Å². The Balaban J connectivity index is 2.61. The van der Waals surface area contributed by atoms with Gasteiger partial charge in [0.15, 0.2) is 0 Å². The Kier molecular flexibility index (Phi) is 3.29. The van der Waals surface area contributed by atoms with E-state index in [-0.39, 0.29) is 15.8 Å². The molecule has 0 radical (unpaired) electrons. The topological polar surface area (TPSA) is 46.5 Å². The lowest BCUT2D eigenvalue weighted by Crippen LogP contribution is -2.40. The van der Waals surface area contributed by atoms with Crippen molar-refractivity contribution in [3.05, 3.63) is 33.6 Å². The summed E-state index contributed by atoms with van der Waals surface area (Å²) in [7, 11) is 0. The molecule has 0 bridgehead atoms. The van der Waals surface area contributed by atoms with Crippen LogP contribution in [0.2, 0.25) is 0 Å². The van der Waals surface area contributed by atoms with E-state index in [0.717, 1.165) is 18.2 Å². The van der Waals surface area contributed by atoms with Crippen molar-refractivity contribution >= 4 is 28.0 Å². The molecule has 1 unspecified atom stereocenters. The molecule has 0 amide bonds. The molecule has 0 saturated heterocycles. The SMILES string of the molecule is O=C(O)C1=Cc2cc(F)cc(Br)c2OC1C(F)(F)F. The summed E-state index contributed by atoms with van der Waals surface area (Å²) in [6.07, 6.45) is -6.71. The summed E-state index contributed by atoms with van der Waals surface area (Å²) in [5.41, 5.74) is -1.05. The predicted molar refractivity (Wildman–Crippen MR) is 60.2 cm³/mol. The molecule has 1 aromatic carbocycles. The monoisotopic (exact) mass is 340 g/mol. The van der Waals surface area contributed by atoms with Gasteiger partial charge in [0.2, 0.25) is 6.10 Å². The molecule has 8 heteroatoms. The molecule has 1 N–H and O–H groups in total. The highest BCUT2D eigenvalue weighted by Crippen LogP contribution is 2.41. The van der Waals surface area contributed by atoms with Gasteiger partial charge >= 0.3 is 12.1 Å². The Labute approximate surface area is 112 Å². The minimum absolute atomic E-state index is 0.0163. The van der Waals surface area contributed by atoms with Crippen LogP contribution in [0.4, 0.5) is 17.6 Å². The fourth-order valence-electron chi connectivity index (χ4n) is 1.65. The minimum atomic E-state index is -4.88. The number of fused-ring (bicyclic) bond motifs is 1. The van der Waals surface area contributed by atoms with E-state index in [2.05, 4.69) is 20.7 Å². The number of carboxylic acids is 1. The number of carbonyl (C=O) groups is 1. The molecule has 1 aliphatic heterocycles. The van der Waals surface area contributed by atoms with Crippen LogP contribution in [0.5, 0.6) is 5.75 Å². The predicted octanol–water partition coefficient (Wildman–Crippen LogP) is 3.38. The average Bonchev–Trinajstić information content (AvgIpc) is 2.25. The summed E-state index contributed by atoms with van der Waals surface area (Å²) in [5, 5.41) is 8.78. The number of benzene rings is 1. The molecule has 0 saturated carbocycles. The van der Waals surface area contributed by atoms with Crippen LogP contribution >= 0.6 is 15.9 Å². The number of carboxylic acid groups (broad SMARTS) is 1. The van der Waals surface area contributed by atoms with E-state index >= 15 is 0 Å². The average molecular weight is 341 g/mol. The fraction of sp³-hybridized carbons (Fsp3) is 0.182. The maximum Gasteiger partial charge on any atom is 0.430 e. The third-order valence-electron chi connectivity index (χ3n) is 2.41. The lowest BCUT2D eigenvalue weighted by Gasteiger charge is -2.27. The Morgan fingerprint density at radius 2 is 2.00 bits per heavy atom. The van der Waals surface area contributed by atoms with Crippen LogP contribution in [0.15, 0.2) is 22.2 Å². The molecule has 2 rings (SSSR count). The highest BCUT2D eigenvalue weighted by molar-refractivity contribution is 9.10. The maximum absolute atomic E-state index is 13.1. The minimum Gasteiger partial charge on any atom is -0.478 e. The summed E-state index contributed by atoms with van der Waals surface area (Å²) in [5.74, 6) is -2.73. The Morgan fingerprint density at radius 1 is 1.37 bits per heavy atom. The normalized spacial score (nSPS) is 18.4. The van der Waals surface area contributed by atoms with Crippen LogP contribution in [0, 0.1) is 5.82 Å². The van der Waals surface area contributed by atoms with E-state index in [4.69, 9.17) is 5.11 Å². The zero-order valence-electron chi connectivity index (χ0n) is 8.96. The largest absolute Gasteiger partial charge is 0.478 e. The van der Waals surface area contributed by atoms with E-state index in [1.54, 1.807) is 0 Å². The summed E-state index contributed by atoms with van der Waals surface area (Å²) in [6, 6.07) is 1.83. The molecule has 0 fully saturated rings. The molecule has 1 atom stereocenters. The maximum atomic E-state index is 13.1. The molecule has 3 nitrogen and oxygen atoms in total. The van der Waals surface area contributed by atoms with Crippen LogP contribution < -0.4 is 4.74 Å². The second-order valence-electron chi connectivity index (χ2n) is 3.75. The highest BCUT2D eigenvalue weighted by Gasteiger charge is 2.48. The number of rotatable bonds is 1. The second-order valence-corrected chi connectivity index (χ2v) is 4.60. The van der Waals surface area contributed by atoms with Gasteiger partial charge in [-0.25, -0.2) is 9.18 Å². The number of hydrogen-bond donors (Lipinski definition) is 1. The number of hydrogen-bond acceptors (Lipinski definition) is 2. The van der Waals surface area contributed by atoms with E-state index < -0.39 is 29.6 Å². The number of halogens is 5. The molecule has 1 aromatic rings. The van der Waals surface area contributed by atoms with Crippen LogP contribution in [0.25, 0.3) is 6.08 Å². The second kappa shape index (κ2) is 4.52. The van der Waals surface area contributed by atoms with Crippen LogP contribution in [-0.2, 0) is 4.79 Å². The molecule has 0 spiro atoms. The van der Waals surface area contributed by atoms with Gasteiger partial charge in [-0.15, -0.1) is 0 Å². The molecular formula is C11H5BrF4O3. The molecule has 0 aromatic heterocycles. The van der Waals surface area contributed by atoms with Gasteiger partial charge in [0.05, 0.1) is 10.0 Å². The van der Waals surface area contributed by atoms with Gasteiger partial charge in [0.25, 0.3) is 0 Å². The standard InChI is InChI=1S/C11H5BrF4O3/c12-7-3-5(13)1-4-2-6(10(17)18)9(11(14,15)16)19-8(4)7/h1-3,9H,(H,17,18). The third kappa shape index (κ3) is 2.58. The molecule has 1 heterocycles. The highest BCUT2D eigenvalue weighted by atomic mass is 79.9. The van der Waals surface area contributed by atoms with Gasteiger partial charge in [-0.05, 0) is 34.1 Å². The van der Waals surface area contributed by atoms with Crippen molar-refractivity contribution in [2.24, 2.45) is 0 Å². The van der Waals surface area contributed by atoms with Gasteiger partial charge in [0.1, 0.15) is 11.6 Å². The van der Waals surface area contributed by atoms with E-state index in [9.17, 15) is 22.4 Å². The lowest BCUT2D eigenvalue weighted by molar-refractivity contribution is -0.187. The number of alkyl halides is 3. The Morgan fingerprint density at radius 3 is 2.53 bits per heavy atom. The Bertz CT molecular complexity index is 580. The van der Waals surface area contributed by atoms with E-state index in [0.29, 0.717) is 0 Å². The van der Waals surface area contributed by atoms with Crippen molar-refractivity contribution in [1.82, 2.24) is 0 Å². The summed E-state index contributed by atoms with van der Waals surface area (Å²) in [6.45, 7) is 0. The van der Waals surface area contributed by atoms with Gasteiger partial charge in [-0.2, -0.15) is 13.2 Å². The van der Waals surface area contributed by atoms with Crippen LogP contribution in [0.1, 0.15) is 5.56 Å². The molecular weight excluding hydrogens is 336 g/mol. The van der Waals surface area contributed by atoms with Crippen molar-refractivity contribution in [3.8, 4) is 5.75 Å². The van der Waals surface area contributed by atoms with Crippen LogP contribution in [0.3, 0.4) is 0 Å². The smallest absolute Gasteiger partial charge is 0.430 e. The van der Waals surface area contributed by atoms with Crippen molar-refractivity contribution in [1.29, 1.82) is 0 Å². The summed E-state index contributed by atoms with van der Waals surface area (Å²) in [4.78, 5) is 10.8. The third-order valence-corrected chi connectivity index (χ3v) is 3.00. The molecule has 19 heavy (non-hydrogen) atoms. The first-order chi connectivity index (χ1) is 8.70. The first kappa shape index (κ1) is 13.9. The first-order valence-corrected chi connectivity index (χ1v) is 5.66. The van der Waals surface area contributed by atoms with E-state index in [1.807, 2.05) is 0 Å². The van der Waals surface area contributed by atoms with Crippen LogP contribution in [-0.4, -0.2) is 23.4 Å². The quantitative estimate of drug-likeness (QED) is 0.797. The Hall–Kier alpha value is -1.57. The van der Waals surface area contributed by atoms with Crippen molar-refractivity contribution in [2.75, 3.05) is 0 Å². The number of ether oxygens (including phenoxy) is 1.